The number of aliphatic hydroxyl groups excluding tert-OH is 1. The van der Waals surface area contributed by atoms with E-state index in [1.54, 1.807) is 0 Å². The van der Waals surface area contributed by atoms with E-state index in [1.165, 1.54) is 24.0 Å². The Kier molecular flexibility index (Phi) is 3.97. The van der Waals surface area contributed by atoms with Crippen molar-refractivity contribution in [3.05, 3.63) is 35.4 Å². The second-order valence-electron chi connectivity index (χ2n) is 4.69. The number of benzene rings is 1. The van der Waals surface area contributed by atoms with E-state index >= 15 is 0 Å². The Morgan fingerprint density at radius 2 is 2.25 bits per heavy atom. The molecule has 0 saturated heterocycles. The summed E-state index contributed by atoms with van der Waals surface area (Å²) in [7, 11) is 0. The Morgan fingerprint density at radius 1 is 1.44 bits per heavy atom. The van der Waals surface area contributed by atoms with Crippen molar-refractivity contribution in [2.75, 3.05) is 6.61 Å². The van der Waals surface area contributed by atoms with Crippen LogP contribution < -0.4 is 5.32 Å². The number of aliphatic hydroxyl groups is 1. The minimum Gasteiger partial charge on any atom is -0.395 e. The van der Waals surface area contributed by atoms with Gasteiger partial charge in [-0.25, -0.2) is 0 Å². The van der Waals surface area contributed by atoms with Crippen LogP contribution >= 0.6 is 0 Å². The second kappa shape index (κ2) is 5.46. The molecule has 2 nitrogen and oxygen atoms in total. The van der Waals surface area contributed by atoms with Gasteiger partial charge in [0, 0.05) is 12.6 Å². The largest absolute Gasteiger partial charge is 0.395 e. The van der Waals surface area contributed by atoms with E-state index in [2.05, 4.69) is 36.5 Å². The van der Waals surface area contributed by atoms with Crippen molar-refractivity contribution in [1.29, 1.82) is 0 Å². The van der Waals surface area contributed by atoms with E-state index in [-0.39, 0.29) is 12.6 Å². The third-order valence-electron chi connectivity index (χ3n) is 3.31. The normalized spacial score (nSPS) is 17.4. The highest BCUT2D eigenvalue weighted by Crippen LogP contribution is 2.40. The fourth-order valence-corrected chi connectivity index (χ4v) is 1.97. The van der Waals surface area contributed by atoms with Gasteiger partial charge in [-0.2, -0.15) is 0 Å². The SMILES string of the molecule is CC[C@@H](CO)NCc1cccc(C2CC2)c1. The average Bonchev–Trinajstić information content (AvgIpc) is 3.15. The summed E-state index contributed by atoms with van der Waals surface area (Å²) < 4.78 is 0. The van der Waals surface area contributed by atoms with Gasteiger partial charge in [0.25, 0.3) is 0 Å². The van der Waals surface area contributed by atoms with Crippen molar-refractivity contribution in [3.63, 3.8) is 0 Å². The van der Waals surface area contributed by atoms with Crippen LogP contribution in [-0.2, 0) is 6.54 Å². The molecule has 1 aliphatic carbocycles. The van der Waals surface area contributed by atoms with E-state index in [9.17, 15) is 0 Å². The lowest BCUT2D eigenvalue weighted by Crippen LogP contribution is -2.31. The Morgan fingerprint density at radius 3 is 2.88 bits per heavy atom. The average molecular weight is 219 g/mol. The van der Waals surface area contributed by atoms with Gasteiger partial charge in [0.15, 0.2) is 0 Å². The molecule has 1 fully saturated rings. The van der Waals surface area contributed by atoms with Crippen molar-refractivity contribution in [2.24, 2.45) is 0 Å². The van der Waals surface area contributed by atoms with Gasteiger partial charge in [0.05, 0.1) is 6.61 Å². The van der Waals surface area contributed by atoms with Gasteiger partial charge in [-0.3, -0.25) is 0 Å². The molecular formula is C14H21NO. The number of nitrogens with one attached hydrogen (secondary N) is 1. The fourth-order valence-electron chi connectivity index (χ4n) is 1.97. The van der Waals surface area contributed by atoms with E-state index in [1.807, 2.05) is 0 Å². The molecule has 0 radical (unpaired) electrons. The van der Waals surface area contributed by atoms with Gasteiger partial charge in [0.1, 0.15) is 0 Å². The molecule has 1 atom stereocenters. The zero-order valence-electron chi connectivity index (χ0n) is 9.95. The van der Waals surface area contributed by atoms with E-state index < -0.39 is 0 Å². The number of rotatable bonds is 6. The molecule has 1 aromatic rings. The first kappa shape index (κ1) is 11.6. The molecule has 16 heavy (non-hydrogen) atoms. The monoisotopic (exact) mass is 219 g/mol. The Labute approximate surface area is 97.7 Å². The van der Waals surface area contributed by atoms with Crippen LogP contribution in [0.3, 0.4) is 0 Å². The van der Waals surface area contributed by atoms with Gasteiger partial charge < -0.3 is 10.4 Å². The van der Waals surface area contributed by atoms with Crippen LogP contribution in [0.5, 0.6) is 0 Å². The van der Waals surface area contributed by atoms with Gasteiger partial charge in [-0.15, -0.1) is 0 Å². The second-order valence-corrected chi connectivity index (χ2v) is 4.69. The Hall–Kier alpha value is -0.860. The molecule has 1 aromatic carbocycles. The minimum atomic E-state index is 0.221. The fraction of sp³-hybridized carbons (Fsp3) is 0.571. The third-order valence-corrected chi connectivity index (χ3v) is 3.31. The molecule has 0 amide bonds. The van der Waals surface area contributed by atoms with Crippen LogP contribution in [0.15, 0.2) is 24.3 Å². The van der Waals surface area contributed by atoms with E-state index in [0.29, 0.717) is 0 Å². The summed E-state index contributed by atoms with van der Waals surface area (Å²) in [5.41, 5.74) is 2.81. The molecule has 0 unspecified atom stereocenters. The highest BCUT2D eigenvalue weighted by molar-refractivity contribution is 5.29. The van der Waals surface area contributed by atoms with Crippen molar-refractivity contribution in [2.45, 2.75) is 44.7 Å². The first-order chi connectivity index (χ1) is 7.83. The molecule has 1 aliphatic rings. The summed E-state index contributed by atoms with van der Waals surface area (Å²) in [5, 5.41) is 12.5. The lowest BCUT2D eigenvalue weighted by molar-refractivity contribution is 0.238. The summed E-state index contributed by atoms with van der Waals surface area (Å²) in [4.78, 5) is 0. The summed E-state index contributed by atoms with van der Waals surface area (Å²) in [6, 6.07) is 9.05. The van der Waals surface area contributed by atoms with Crippen molar-refractivity contribution in [3.8, 4) is 0 Å². The standard InChI is InChI=1S/C14H21NO/c1-2-14(10-16)15-9-11-4-3-5-13(8-11)12-6-7-12/h3-5,8,12,14-16H,2,6-7,9-10H2,1H3/t14-/m0/s1. The van der Waals surface area contributed by atoms with Crippen molar-refractivity contribution < 1.29 is 5.11 Å². The Balaban J connectivity index is 1.90. The lowest BCUT2D eigenvalue weighted by atomic mass is 10.1. The van der Waals surface area contributed by atoms with Crippen LogP contribution in [0.2, 0.25) is 0 Å². The topological polar surface area (TPSA) is 32.3 Å². The van der Waals surface area contributed by atoms with Crippen LogP contribution in [0.25, 0.3) is 0 Å². The molecule has 0 bridgehead atoms. The molecule has 0 aliphatic heterocycles. The quantitative estimate of drug-likeness (QED) is 0.770. The van der Waals surface area contributed by atoms with Crippen LogP contribution in [0.1, 0.15) is 43.2 Å². The highest BCUT2D eigenvalue weighted by atomic mass is 16.3. The predicted molar refractivity (Wildman–Crippen MR) is 66.4 cm³/mol. The molecule has 0 heterocycles. The molecule has 88 valence electrons. The summed E-state index contributed by atoms with van der Waals surface area (Å²) >= 11 is 0. The van der Waals surface area contributed by atoms with Crippen molar-refractivity contribution >= 4 is 0 Å². The summed E-state index contributed by atoms with van der Waals surface area (Å²) in [5.74, 6) is 0.819. The maximum atomic E-state index is 9.09. The molecule has 2 rings (SSSR count). The highest BCUT2D eigenvalue weighted by Gasteiger charge is 2.23. The predicted octanol–water partition coefficient (Wildman–Crippen LogP) is 2.42. The zero-order valence-corrected chi connectivity index (χ0v) is 9.95. The van der Waals surface area contributed by atoms with Crippen LogP contribution in [0, 0.1) is 0 Å². The van der Waals surface area contributed by atoms with Crippen molar-refractivity contribution in [1.82, 2.24) is 5.32 Å². The number of hydrogen-bond donors (Lipinski definition) is 2. The molecule has 2 N–H and O–H groups in total. The molecule has 0 spiro atoms. The maximum Gasteiger partial charge on any atom is 0.0584 e. The molecule has 0 aromatic heterocycles. The minimum absolute atomic E-state index is 0.221. The zero-order chi connectivity index (χ0) is 11.4. The molecule has 2 heteroatoms. The van der Waals surface area contributed by atoms with Gasteiger partial charge in [0.2, 0.25) is 0 Å². The first-order valence-electron chi connectivity index (χ1n) is 6.26. The van der Waals surface area contributed by atoms with E-state index in [4.69, 9.17) is 5.11 Å². The molecule has 1 saturated carbocycles. The van der Waals surface area contributed by atoms with Gasteiger partial charge in [-0.05, 0) is 36.3 Å². The number of hydrogen-bond acceptors (Lipinski definition) is 2. The summed E-state index contributed by atoms with van der Waals surface area (Å²) in [6.45, 7) is 3.17. The smallest absolute Gasteiger partial charge is 0.0584 e. The van der Waals surface area contributed by atoms with Crippen LogP contribution in [-0.4, -0.2) is 17.8 Å². The molecular weight excluding hydrogens is 198 g/mol. The third kappa shape index (κ3) is 3.06. The van der Waals surface area contributed by atoms with Gasteiger partial charge in [-0.1, -0.05) is 31.2 Å². The first-order valence-corrected chi connectivity index (χ1v) is 6.26. The van der Waals surface area contributed by atoms with Crippen LogP contribution in [0.4, 0.5) is 0 Å². The summed E-state index contributed by atoms with van der Waals surface area (Å²) in [6.07, 6.45) is 3.68. The van der Waals surface area contributed by atoms with E-state index in [0.717, 1.165) is 18.9 Å². The van der Waals surface area contributed by atoms with Gasteiger partial charge >= 0.3 is 0 Å². The Bertz CT molecular complexity index is 329. The lowest BCUT2D eigenvalue weighted by Gasteiger charge is -2.14. The maximum absolute atomic E-state index is 9.09.